The predicted octanol–water partition coefficient (Wildman–Crippen LogP) is 3.03. The fourth-order valence-electron chi connectivity index (χ4n) is 0.973. The van der Waals surface area contributed by atoms with Crippen LogP contribution in [0.5, 0.6) is 0 Å². The summed E-state index contributed by atoms with van der Waals surface area (Å²) in [6, 6.07) is 0. The average molecular weight is 180 g/mol. The molecule has 0 amide bonds. The fourth-order valence-corrected chi connectivity index (χ4v) is 1.16. The van der Waals surface area contributed by atoms with Gasteiger partial charge in [-0.15, -0.1) is 0 Å². The quantitative estimate of drug-likeness (QED) is 0.408. The highest BCUT2D eigenvalue weighted by Crippen LogP contribution is 2.32. The van der Waals surface area contributed by atoms with Gasteiger partial charge < -0.3 is 0 Å². The predicted molar refractivity (Wildman–Crippen MR) is 40.6 cm³/mol. The van der Waals surface area contributed by atoms with Crippen molar-refractivity contribution in [2.45, 2.75) is 25.4 Å². The van der Waals surface area contributed by atoms with Gasteiger partial charge in [0.15, 0.2) is 0 Å². The maximum atomic E-state index is 12.0. The van der Waals surface area contributed by atoms with Crippen LogP contribution in [0.1, 0.15) is 19.3 Å². The summed E-state index contributed by atoms with van der Waals surface area (Å²) in [5, 5.41) is 0. The lowest BCUT2D eigenvalue weighted by molar-refractivity contribution is -0.0942. The van der Waals surface area contributed by atoms with E-state index in [1.165, 1.54) is 6.08 Å². The number of allylic oxidation sites excluding steroid dienone is 2. The molecule has 1 aliphatic rings. The molecule has 0 aliphatic heterocycles. The Balaban J connectivity index is 2.69. The minimum atomic E-state index is -4.14. The van der Waals surface area contributed by atoms with Crippen molar-refractivity contribution in [3.05, 3.63) is 11.6 Å². The molecule has 0 aromatic rings. The van der Waals surface area contributed by atoms with Crippen LogP contribution in [0, 0.1) is 0 Å². The van der Waals surface area contributed by atoms with Gasteiger partial charge in [-0.2, -0.15) is 13.2 Å². The van der Waals surface area contributed by atoms with Crippen LogP contribution < -0.4 is 0 Å². The molecule has 0 N–H and O–H groups in total. The molecule has 0 radical (unpaired) electrons. The Morgan fingerprint density at radius 2 is 1.91 bits per heavy atom. The first kappa shape index (κ1) is 8.71. The molecular weight excluding hydrogens is 173 g/mol. The zero-order chi connectivity index (χ0) is 8.48. The summed E-state index contributed by atoms with van der Waals surface area (Å²) in [5.41, 5.74) is -0.425. The van der Waals surface area contributed by atoms with Gasteiger partial charge in [0.1, 0.15) is 0 Å². The van der Waals surface area contributed by atoms with Crippen molar-refractivity contribution in [2.75, 3.05) is 0 Å². The smallest absolute Gasteiger partial charge is 0.166 e. The van der Waals surface area contributed by atoms with Crippen LogP contribution in [0.25, 0.3) is 0 Å². The highest BCUT2D eigenvalue weighted by molar-refractivity contribution is 7.80. The van der Waals surface area contributed by atoms with Gasteiger partial charge in [0.2, 0.25) is 0 Å². The van der Waals surface area contributed by atoms with Crippen LogP contribution >= 0.6 is 12.2 Å². The molecule has 4 heteroatoms. The molecule has 62 valence electrons. The first-order valence-corrected chi connectivity index (χ1v) is 3.69. The van der Waals surface area contributed by atoms with Gasteiger partial charge in [-0.1, -0.05) is 18.3 Å². The number of rotatable bonds is 0. The number of hydrogen-bond acceptors (Lipinski definition) is 1. The average Bonchev–Trinajstić information content (AvgIpc) is 1.86. The standard InChI is InChI=1S/C7H7F3S/c8-7(9,10)5-1-3-6(11)4-2-5/h1H,2-4H2. The van der Waals surface area contributed by atoms with Gasteiger partial charge in [-0.25, -0.2) is 0 Å². The Morgan fingerprint density at radius 1 is 1.27 bits per heavy atom. The molecule has 0 spiro atoms. The Bertz CT molecular complexity index is 202. The van der Waals surface area contributed by atoms with Crippen molar-refractivity contribution in [1.29, 1.82) is 0 Å². The molecular formula is C7H7F3S. The number of halogens is 3. The molecule has 0 heterocycles. The summed E-state index contributed by atoms with van der Waals surface area (Å²) >= 11 is 4.77. The van der Waals surface area contributed by atoms with Gasteiger partial charge in [-0.3, -0.25) is 0 Å². The molecule has 0 aromatic heterocycles. The molecule has 0 aromatic carbocycles. The minimum absolute atomic E-state index is 0.0579. The largest absolute Gasteiger partial charge is 0.412 e. The van der Waals surface area contributed by atoms with E-state index in [1.54, 1.807) is 0 Å². The molecule has 1 aliphatic carbocycles. The zero-order valence-corrected chi connectivity index (χ0v) is 6.56. The highest BCUT2D eigenvalue weighted by Gasteiger charge is 2.33. The van der Waals surface area contributed by atoms with Crippen LogP contribution in [-0.4, -0.2) is 11.0 Å². The summed E-state index contributed by atoms with van der Waals surface area (Å²) in [6.45, 7) is 0. The maximum absolute atomic E-state index is 12.0. The van der Waals surface area contributed by atoms with Crippen molar-refractivity contribution in [1.82, 2.24) is 0 Å². The topological polar surface area (TPSA) is 0 Å². The lowest BCUT2D eigenvalue weighted by Crippen LogP contribution is -2.16. The molecule has 0 unspecified atom stereocenters. The Hall–Kier alpha value is -0.380. The van der Waals surface area contributed by atoms with E-state index in [-0.39, 0.29) is 6.42 Å². The van der Waals surface area contributed by atoms with Crippen molar-refractivity contribution in [2.24, 2.45) is 0 Å². The van der Waals surface area contributed by atoms with Gasteiger partial charge in [0.25, 0.3) is 0 Å². The van der Waals surface area contributed by atoms with Crippen LogP contribution in [-0.2, 0) is 0 Å². The van der Waals surface area contributed by atoms with E-state index in [9.17, 15) is 13.2 Å². The monoisotopic (exact) mass is 180 g/mol. The normalized spacial score (nSPS) is 19.9. The third kappa shape index (κ3) is 2.29. The SMILES string of the molecule is FC(F)(F)C1=CCC(=S)CC1. The van der Waals surface area contributed by atoms with Gasteiger partial charge in [0, 0.05) is 5.57 Å². The summed E-state index contributed by atoms with van der Waals surface area (Å²) in [4.78, 5) is 0.720. The number of alkyl halides is 3. The fraction of sp³-hybridized carbons (Fsp3) is 0.571. The summed E-state index contributed by atoms with van der Waals surface area (Å²) < 4.78 is 35.9. The van der Waals surface area contributed by atoms with E-state index in [4.69, 9.17) is 12.2 Å². The summed E-state index contributed by atoms with van der Waals surface area (Å²) in [7, 11) is 0. The van der Waals surface area contributed by atoms with E-state index in [2.05, 4.69) is 0 Å². The third-order valence-electron chi connectivity index (χ3n) is 1.61. The summed E-state index contributed by atoms with van der Waals surface area (Å²) in [5.74, 6) is 0. The third-order valence-corrected chi connectivity index (χ3v) is 1.98. The molecule has 0 saturated heterocycles. The Kier molecular flexibility index (Phi) is 2.32. The van der Waals surface area contributed by atoms with Crippen LogP contribution in [0.15, 0.2) is 11.6 Å². The molecule has 0 nitrogen and oxygen atoms in total. The minimum Gasteiger partial charge on any atom is -0.166 e. The van der Waals surface area contributed by atoms with E-state index in [0.29, 0.717) is 12.8 Å². The van der Waals surface area contributed by atoms with Crippen LogP contribution in [0.2, 0.25) is 0 Å². The molecule has 0 atom stereocenters. The first-order chi connectivity index (χ1) is 5.00. The second-order valence-electron chi connectivity index (χ2n) is 2.47. The molecule has 11 heavy (non-hydrogen) atoms. The highest BCUT2D eigenvalue weighted by atomic mass is 32.1. The molecule has 0 fully saturated rings. The van der Waals surface area contributed by atoms with Crippen LogP contribution in [0.3, 0.4) is 0 Å². The van der Waals surface area contributed by atoms with Gasteiger partial charge in [0.05, 0.1) is 0 Å². The Morgan fingerprint density at radius 3 is 2.27 bits per heavy atom. The maximum Gasteiger partial charge on any atom is 0.412 e. The van der Waals surface area contributed by atoms with E-state index in [1.807, 2.05) is 0 Å². The summed E-state index contributed by atoms with van der Waals surface area (Å²) in [6.07, 6.45) is -2.19. The first-order valence-electron chi connectivity index (χ1n) is 3.28. The van der Waals surface area contributed by atoms with Gasteiger partial charge >= 0.3 is 6.18 Å². The van der Waals surface area contributed by atoms with Crippen molar-refractivity contribution in [3.8, 4) is 0 Å². The van der Waals surface area contributed by atoms with E-state index in [0.717, 1.165) is 4.86 Å². The van der Waals surface area contributed by atoms with Crippen molar-refractivity contribution >= 4 is 17.1 Å². The number of hydrogen-bond donors (Lipinski definition) is 0. The van der Waals surface area contributed by atoms with Crippen LogP contribution in [0.4, 0.5) is 13.2 Å². The molecule has 0 bridgehead atoms. The molecule has 1 rings (SSSR count). The molecule has 0 saturated carbocycles. The Labute approximate surface area is 68.1 Å². The van der Waals surface area contributed by atoms with Crippen molar-refractivity contribution < 1.29 is 13.2 Å². The lowest BCUT2D eigenvalue weighted by Gasteiger charge is -2.15. The van der Waals surface area contributed by atoms with E-state index >= 15 is 0 Å². The second-order valence-corrected chi connectivity index (χ2v) is 3.05. The lowest BCUT2D eigenvalue weighted by atomic mass is 9.99. The number of thiocarbonyl (C=S) groups is 1. The van der Waals surface area contributed by atoms with Gasteiger partial charge in [-0.05, 0) is 24.1 Å². The van der Waals surface area contributed by atoms with Crippen molar-refractivity contribution in [3.63, 3.8) is 0 Å². The van der Waals surface area contributed by atoms with E-state index < -0.39 is 11.7 Å². The zero-order valence-electron chi connectivity index (χ0n) is 5.74. The second kappa shape index (κ2) is 2.93.